The van der Waals surface area contributed by atoms with Crippen LogP contribution in [0.3, 0.4) is 0 Å². The van der Waals surface area contributed by atoms with Gasteiger partial charge in [-0.25, -0.2) is 0 Å². The zero-order valence-electron chi connectivity index (χ0n) is 11.9. The van der Waals surface area contributed by atoms with Gasteiger partial charge in [0.2, 0.25) is 0 Å². The minimum Gasteiger partial charge on any atom is -0.330 e. The third kappa shape index (κ3) is 2.46. The van der Waals surface area contributed by atoms with Crippen LogP contribution in [-0.2, 0) is 5.41 Å². The Morgan fingerprint density at radius 1 is 1.11 bits per heavy atom. The Morgan fingerprint density at radius 3 is 2.28 bits per heavy atom. The van der Waals surface area contributed by atoms with Crippen molar-refractivity contribution in [2.45, 2.75) is 56.3 Å². The minimum atomic E-state index is 0.245. The van der Waals surface area contributed by atoms with Gasteiger partial charge in [-0.2, -0.15) is 0 Å². The molecular weight excluding hydrogens is 238 g/mol. The molecule has 1 aromatic carbocycles. The highest BCUT2D eigenvalue weighted by atomic mass is 32.2. The molecule has 0 aliphatic heterocycles. The molecule has 0 saturated heterocycles. The first-order valence-corrected chi connectivity index (χ1v) is 8.21. The van der Waals surface area contributed by atoms with E-state index < -0.39 is 0 Å². The highest BCUT2D eigenvalue weighted by Crippen LogP contribution is 2.43. The fourth-order valence-electron chi connectivity index (χ4n) is 3.18. The highest BCUT2D eigenvalue weighted by molar-refractivity contribution is 7.98. The number of benzene rings is 1. The number of hydrogen-bond acceptors (Lipinski definition) is 2. The van der Waals surface area contributed by atoms with E-state index in [4.69, 9.17) is 5.73 Å². The molecule has 1 aromatic rings. The van der Waals surface area contributed by atoms with Gasteiger partial charge in [-0.3, -0.25) is 0 Å². The van der Waals surface area contributed by atoms with Crippen LogP contribution in [0.15, 0.2) is 17.0 Å². The Balaban J connectivity index is 2.49. The maximum atomic E-state index is 6.17. The SMILES string of the molecule is CSc1cc(C)c(C)cc1C1(CN)CCCCC1. The van der Waals surface area contributed by atoms with Gasteiger partial charge < -0.3 is 5.73 Å². The first kappa shape index (κ1) is 14.0. The summed E-state index contributed by atoms with van der Waals surface area (Å²) in [6, 6.07) is 4.75. The summed E-state index contributed by atoms with van der Waals surface area (Å²) >= 11 is 1.87. The van der Waals surface area contributed by atoms with E-state index in [0.29, 0.717) is 0 Å². The molecule has 1 nitrogen and oxygen atoms in total. The summed E-state index contributed by atoms with van der Waals surface area (Å²) in [5, 5.41) is 0. The molecule has 100 valence electrons. The fourth-order valence-corrected chi connectivity index (χ4v) is 3.97. The molecule has 2 N–H and O–H groups in total. The number of hydrogen-bond donors (Lipinski definition) is 1. The molecule has 1 aliphatic rings. The summed E-state index contributed by atoms with van der Waals surface area (Å²) < 4.78 is 0. The van der Waals surface area contributed by atoms with E-state index in [9.17, 15) is 0 Å². The molecule has 0 radical (unpaired) electrons. The molecule has 0 spiro atoms. The number of thioether (sulfide) groups is 1. The highest BCUT2D eigenvalue weighted by Gasteiger charge is 2.34. The summed E-state index contributed by atoms with van der Waals surface area (Å²) in [6.07, 6.45) is 8.75. The van der Waals surface area contributed by atoms with Gasteiger partial charge >= 0.3 is 0 Å². The number of nitrogens with two attached hydrogens (primary N) is 1. The third-order valence-electron chi connectivity index (χ3n) is 4.59. The van der Waals surface area contributed by atoms with Gasteiger partial charge in [-0.05, 0) is 55.7 Å². The van der Waals surface area contributed by atoms with Crippen LogP contribution in [0.25, 0.3) is 0 Å². The van der Waals surface area contributed by atoms with E-state index in [0.717, 1.165) is 6.54 Å². The quantitative estimate of drug-likeness (QED) is 0.828. The van der Waals surface area contributed by atoms with Gasteiger partial charge in [0.1, 0.15) is 0 Å². The molecule has 2 heteroatoms. The Hall–Kier alpha value is -0.470. The van der Waals surface area contributed by atoms with Crippen molar-refractivity contribution in [2.75, 3.05) is 12.8 Å². The largest absolute Gasteiger partial charge is 0.330 e. The van der Waals surface area contributed by atoms with E-state index in [-0.39, 0.29) is 5.41 Å². The van der Waals surface area contributed by atoms with E-state index >= 15 is 0 Å². The molecule has 0 atom stereocenters. The predicted octanol–water partition coefficient (Wildman–Crippen LogP) is 4.19. The molecule has 0 amide bonds. The Morgan fingerprint density at radius 2 is 1.72 bits per heavy atom. The van der Waals surface area contributed by atoms with Crippen molar-refractivity contribution >= 4 is 11.8 Å². The van der Waals surface area contributed by atoms with Crippen molar-refractivity contribution in [3.05, 3.63) is 28.8 Å². The lowest BCUT2D eigenvalue weighted by molar-refractivity contribution is 0.296. The molecule has 0 heterocycles. The first-order chi connectivity index (χ1) is 8.63. The van der Waals surface area contributed by atoms with Crippen LogP contribution >= 0.6 is 11.8 Å². The third-order valence-corrected chi connectivity index (χ3v) is 5.37. The van der Waals surface area contributed by atoms with Gasteiger partial charge in [0.15, 0.2) is 0 Å². The second-order valence-corrected chi connectivity index (χ2v) is 6.53. The maximum Gasteiger partial charge on any atom is 0.0110 e. The lowest BCUT2D eigenvalue weighted by atomic mass is 9.69. The number of aryl methyl sites for hydroxylation is 2. The monoisotopic (exact) mass is 263 g/mol. The predicted molar refractivity (Wildman–Crippen MR) is 81.5 cm³/mol. The molecule has 0 aromatic heterocycles. The second kappa shape index (κ2) is 5.66. The van der Waals surface area contributed by atoms with Crippen molar-refractivity contribution in [3.63, 3.8) is 0 Å². The van der Waals surface area contributed by atoms with Crippen LogP contribution < -0.4 is 5.73 Å². The summed E-state index contributed by atoms with van der Waals surface area (Å²) in [7, 11) is 0. The molecule has 18 heavy (non-hydrogen) atoms. The van der Waals surface area contributed by atoms with Crippen molar-refractivity contribution in [1.82, 2.24) is 0 Å². The molecular formula is C16H25NS. The summed E-state index contributed by atoms with van der Waals surface area (Å²) in [5.74, 6) is 0. The minimum absolute atomic E-state index is 0.245. The van der Waals surface area contributed by atoms with Crippen LogP contribution in [0.4, 0.5) is 0 Å². The average Bonchev–Trinajstić information content (AvgIpc) is 2.42. The molecule has 0 bridgehead atoms. The standard InChI is InChI=1S/C16H25NS/c1-12-9-14(15(18-3)10-13(12)2)16(11-17)7-5-4-6-8-16/h9-10H,4-8,11,17H2,1-3H3. The molecule has 2 rings (SSSR count). The van der Waals surface area contributed by atoms with Gasteiger partial charge in [-0.1, -0.05) is 25.3 Å². The van der Waals surface area contributed by atoms with E-state index in [1.165, 1.54) is 53.7 Å². The van der Waals surface area contributed by atoms with Crippen molar-refractivity contribution in [1.29, 1.82) is 0 Å². The maximum absolute atomic E-state index is 6.17. The smallest absolute Gasteiger partial charge is 0.0110 e. The molecule has 1 aliphatic carbocycles. The molecule has 0 unspecified atom stereocenters. The van der Waals surface area contributed by atoms with Gasteiger partial charge in [0.05, 0.1) is 0 Å². The first-order valence-electron chi connectivity index (χ1n) is 6.99. The Kier molecular flexibility index (Phi) is 4.39. The van der Waals surface area contributed by atoms with E-state index in [1.807, 2.05) is 11.8 Å². The Bertz CT molecular complexity index is 419. The zero-order valence-corrected chi connectivity index (χ0v) is 12.7. The van der Waals surface area contributed by atoms with Crippen molar-refractivity contribution in [2.24, 2.45) is 5.73 Å². The van der Waals surface area contributed by atoms with Crippen LogP contribution in [0.2, 0.25) is 0 Å². The Labute approximate surface area is 116 Å². The normalized spacial score (nSPS) is 18.9. The van der Waals surface area contributed by atoms with Gasteiger partial charge in [-0.15, -0.1) is 11.8 Å². The molecule has 1 fully saturated rings. The van der Waals surface area contributed by atoms with Crippen LogP contribution in [0.5, 0.6) is 0 Å². The summed E-state index contributed by atoms with van der Waals surface area (Å²) in [4.78, 5) is 1.44. The van der Waals surface area contributed by atoms with Crippen LogP contribution in [0.1, 0.15) is 48.8 Å². The molecule has 1 saturated carbocycles. The summed E-state index contributed by atoms with van der Waals surface area (Å²) in [6.45, 7) is 5.22. The van der Waals surface area contributed by atoms with E-state index in [1.54, 1.807) is 0 Å². The fraction of sp³-hybridized carbons (Fsp3) is 0.625. The van der Waals surface area contributed by atoms with Gasteiger partial charge in [0.25, 0.3) is 0 Å². The topological polar surface area (TPSA) is 26.0 Å². The lowest BCUT2D eigenvalue weighted by Gasteiger charge is -2.38. The lowest BCUT2D eigenvalue weighted by Crippen LogP contribution is -2.37. The summed E-state index contributed by atoms with van der Waals surface area (Å²) in [5.41, 5.74) is 10.7. The van der Waals surface area contributed by atoms with E-state index in [2.05, 4.69) is 32.2 Å². The zero-order chi connectivity index (χ0) is 13.2. The van der Waals surface area contributed by atoms with Crippen molar-refractivity contribution in [3.8, 4) is 0 Å². The average molecular weight is 263 g/mol. The van der Waals surface area contributed by atoms with Crippen LogP contribution in [-0.4, -0.2) is 12.8 Å². The van der Waals surface area contributed by atoms with Crippen molar-refractivity contribution < 1.29 is 0 Å². The van der Waals surface area contributed by atoms with Gasteiger partial charge in [0, 0.05) is 16.9 Å². The van der Waals surface area contributed by atoms with Crippen LogP contribution in [0, 0.1) is 13.8 Å². The number of rotatable bonds is 3. The second-order valence-electron chi connectivity index (χ2n) is 5.68.